The maximum atomic E-state index is 6.60. The average molecular weight is 531 g/mol. The molecule has 0 N–H and O–H groups in total. The molecule has 7 nitrogen and oxygen atoms in total. The molecular formula is C22H39ClN4O3SSi2. The SMILES string of the molecule is CC(C)(C)[Si](C)(C)OC[C@H]1O[C@H](n2cnc3c(Cl)ncnc32)S[C@@H]1CO[Si](C)(C)C(C)(C)C. The fraction of sp³-hybridized carbons (Fsp3) is 0.773. The van der Waals surface area contributed by atoms with E-state index in [9.17, 15) is 0 Å². The second-order valence-electron chi connectivity index (χ2n) is 11.8. The number of aromatic nitrogens is 4. The number of fused-ring (bicyclic) bond motifs is 1. The molecule has 3 heterocycles. The molecule has 0 unspecified atom stereocenters. The molecule has 0 aromatic carbocycles. The highest BCUT2D eigenvalue weighted by atomic mass is 35.5. The van der Waals surface area contributed by atoms with Crippen molar-refractivity contribution in [3.63, 3.8) is 0 Å². The molecule has 0 spiro atoms. The molecule has 186 valence electrons. The second kappa shape index (κ2) is 9.52. The lowest BCUT2D eigenvalue weighted by Crippen LogP contribution is -2.46. The summed E-state index contributed by atoms with van der Waals surface area (Å²) < 4.78 is 21.6. The van der Waals surface area contributed by atoms with Crippen molar-refractivity contribution in [2.24, 2.45) is 0 Å². The number of hydrogen-bond donors (Lipinski definition) is 0. The van der Waals surface area contributed by atoms with Gasteiger partial charge < -0.3 is 13.6 Å². The summed E-state index contributed by atoms with van der Waals surface area (Å²) in [5, 5.41) is 0.776. The van der Waals surface area contributed by atoms with E-state index in [1.165, 1.54) is 6.33 Å². The molecule has 1 fully saturated rings. The van der Waals surface area contributed by atoms with E-state index in [0.717, 1.165) is 0 Å². The van der Waals surface area contributed by atoms with E-state index in [0.29, 0.717) is 29.5 Å². The largest absolute Gasteiger partial charge is 0.416 e. The minimum atomic E-state index is -1.91. The molecule has 1 aliphatic heterocycles. The average Bonchev–Trinajstić information content (AvgIpc) is 3.27. The van der Waals surface area contributed by atoms with Crippen LogP contribution in [0.15, 0.2) is 12.7 Å². The Balaban J connectivity index is 1.82. The van der Waals surface area contributed by atoms with E-state index >= 15 is 0 Å². The molecule has 33 heavy (non-hydrogen) atoms. The monoisotopic (exact) mass is 530 g/mol. The van der Waals surface area contributed by atoms with Gasteiger partial charge in [0.05, 0.1) is 18.0 Å². The molecule has 1 saturated heterocycles. The third-order valence-corrected chi connectivity index (χ3v) is 18.0. The minimum Gasteiger partial charge on any atom is -0.416 e. The van der Waals surface area contributed by atoms with Crippen LogP contribution in [-0.4, -0.2) is 60.7 Å². The van der Waals surface area contributed by atoms with Gasteiger partial charge in [-0.1, -0.05) is 64.9 Å². The molecule has 2 aromatic heterocycles. The van der Waals surface area contributed by atoms with Gasteiger partial charge in [0.1, 0.15) is 18.2 Å². The van der Waals surface area contributed by atoms with E-state index in [4.69, 9.17) is 25.2 Å². The number of hydrogen-bond acceptors (Lipinski definition) is 7. The van der Waals surface area contributed by atoms with Crippen molar-refractivity contribution >= 4 is 51.2 Å². The zero-order chi connectivity index (χ0) is 24.8. The van der Waals surface area contributed by atoms with Crippen molar-refractivity contribution in [2.75, 3.05) is 13.2 Å². The third kappa shape index (κ3) is 5.84. The van der Waals surface area contributed by atoms with Crippen molar-refractivity contribution in [2.45, 2.75) is 94.7 Å². The van der Waals surface area contributed by atoms with Gasteiger partial charge in [-0.2, -0.15) is 0 Å². The highest BCUT2D eigenvalue weighted by Crippen LogP contribution is 2.44. The summed E-state index contributed by atoms with van der Waals surface area (Å²) in [5.74, 6) is 0. The Labute approximate surface area is 209 Å². The van der Waals surface area contributed by atoms with Crippen LogP contribution in [0.3, 0.4) is 0 Å². The van der Waals surface area contributed by atoms with Gasteiger partial charge >= 0.3 is 0 Å². The standard InChI is InChI=1S/C22H39ClN4O3SSi2/c1-21(2,3)32(7,8)28-11-15-16(12-29-33(9,10)22(4,5)6)31-20(30-15)27-14-26-17-18(23)24-13-25-19(17)27/h13-16,20H,11-12H2,1-10H3/t15-,16-,20+/m1/s1. The van der Waals surface area contributed by atoms with Crippen LogP contribution in [0.25, 0.3) is 11.2 Å². The number of nitrogens with zero attached hydrogens (tertiary/aromatic N) is 4. The molecule has 2 aromatic rings. The van der Waals surface area contributed by atoms with Gasteiger partial charge in [0.15, 0.2) is 33.0 Å². The van der Waals surface area contributed by atoms with Crippen LogP contribution in [-0.2, 0) is 13.6 Å². The Hall–Kier alpha value is -0.496. The fourth-order valence-electron chi connectivity index (χ4n) is 2.92. The number of ether oxygens (including phenoxy) is 1. The minimum absolute atomic E-state index is 0.0892. The summed E-state index contributed by atoms with van der Waals surface area (Å²) in [7, 11) is -3.80. The zero-order valence-corrected chi connectivity index (χ0v) is 25.2. The van der Waals surface area contributed by atoms with Crippen molar-refractivity contribution in [3.05, 3.63) is 17.8 Å². The van der Waals surface area contributed by atoms with Crippen LogP contribution < -0.4 is 0 Å². The Morgan fingerprint density at radius 2 is 1.55 bits per heavy atom. The summed E-state index contributed by atoms with van der Waals surface area (Å²) in [6.45, 7) is 23.9. The third-order valence-electron chi connectivity index (χ3n) is 7.37. The highest BCUT2D eigenvalue weighted by Gasteiger charge is 2.44. The number of rotatable bonds is 7. The van der Waals surface area contributed by atoms with E-state index in [1.54, 1.807) is 18.1 Å². The highest BCUT2D eigenvalue weighted by molar-refractivity contribution is 8.00. The topological polar surface area (TPSA) is 71.3 Å². The van der Waals surface area contributed by atoms with Crippen LogP contribution in [0.5, 0.6) is 0 Å². The van der Waals surface area contributed by atoms with Crippen LogP contribution in [0.4, 0.5) is 0 Å². The normalized spacial score (nSPS) is 22.9. The maximum absolute atomic E-state index is 6.60. The molecule has 0 saturated carbocycles. The fourth-order valence-corrected chi connectivity index (χ4v) is 6.52. The van der Waals surface area contributed by atoms with Crippen molar-refractivity contribution in [1.82, 2.24) is 19.5 Å². The summed E-state index contributed by atoms with van der Waals surface area (Å²) >= 11 is 7.95. The first-order valence-electron chi connectivity index (χ1n) is 11.5. The van der Waals surface area contributed by atoms with E-state index < -0.39 is 16.6 Å². The van der Waals surface area contributed by atoms with Gasteiger partial charge in [0, 0.05) is 6.61 Å². The van der Waals surface area contributed by atoms with Crippen LogP contribution in [0.1, 0.15) is 47.1 Å². The predicted octanol–water partition coefficient (Wildman–Crippen LogP) is 6.48. The van der Waals surface area contributed by atoms with Crippen LogP contribution >= 0.6 is 23.4 Å². The summed E-state index contributed by atoms with van der Waals surface area (Å²) in [5.41, 5.74) is 0.975. The quantitative estimate of drug-likeness (QED) is 0.299. The summed E-state index contributed by atoms with van der Waals surface area (Å²) in [4.78, 5) is 12.8. The lowest BCUT2D eigenvalue weighted by Gasteiger charge is -2.38. The number of imidazole rings is 1. The van der Waals surface area contributed by atoms with Crippen molar-refractivity contribution < 1.29 is 13.6 Å². The summed E-state index contributed by atoms with van der Waals surface area (Å²) in [6.07, 6.45) is 3.10. The smallest absolute Gasteiger partial charge is 0.192 e. The molecule has 0 radical (unpaired) electrons. The molecule has 3 atom stereocenters. The van der Waals surface area contributed by atoms with Crippen LogP contribution in [0, 0.1) is 0 Å². The van der Waals surface area contributed by atoms with Gasteiger partial charge in [0.2, 0.25) is 0 Å². The first kappa shape index (κ1) is 27.1. The second-order valence-corrected chi connectivity index (χ2v) is 23.0. The molecule has 3 rings (SSSR count). The van der Waals surface area contributed by atoms with Crippen molar-refractivity contribution in [3.8, 4) is 0 Å². The molecule has 0 aliphatic carbocycles. The van der Waals surface area contributed by atoms with Gasteiger partial charge in [-0.05, 0) is 36.3 Å². The molecule has 0 bridgehead atoms. The lowest BCUT2D eigenvalue weighted by molar-refractivity contribution is -0.0126. The van der Waals surface area contributed by atoms with Crippen molar-refractivity contribution in [1.29, 1.82) is 0 Å². The summed E-state index contributed by atoms with van der Waals surface area (Å²) in [6, 6.07) is 0. The zero-order valence-electron chi connectivity index (χ0n) is 21.6. The van der Waals surface area contributed by atoms with E-state index in [2.05, 4.69) is 82.7 Å². The van der Waals surface area contributed by atoms with Gasteiger partial charge in [-0.25, -0.2) is 15.0 Å². The first-order chi connectivity index (χ1) is 15.0. The first-order valence-corrected chi connectivity index (χ1v) is 18.6. The Morgan fingerprint density at radius 1 is 0.970 bits per heavy atom. The van der Waals surface area contributed by atoms with Gasteiger partial charge in [0.25, 0.3) is 0 Å². The van der Waals surface area contributed by atoms with E-state index in [-0.39, 0.29) is 27.0 Å². The Kier molecular flexibility index (Phi) is 7.81. The molecule has 0 amide bonds. The molecule has 1 aliphatic rings. The Morgan fingerprint density at radius 3 is 2.12 bits per heavy atom. The molecule has 11 heteroatoms. The number of halogens is 1. The van der Waals surface area contributed by atoms with E-state index in [1.807, 2.05) is 4.57 Å². The van der Waals surface area contributed by atoms with Gasteiger partial charge in [-0.3, -0.25) is 4.57 Å². The Bertz CT molecular complexity index is 937. The maximum Gasteiger partial charge on any atom is 0.192 e. The van der Waals surface area contributed by atoms with Crippen LogP contribution in [0.2, 0.25) is 41.4 Å². The molecular weight excluding hydrogens is 492 g/mol. The lowest BCUT2D eigenvalue weighted by atomic mass is 10.2. The predicted molar refractivity (Wildman–Crippen MR) is 142 cm³/mol. The number of thioether (sulfide) groups is 1. The van der Waals surface area contributed by atoms with Gasteiger partial charge in [-0.15, -0.1) is 0 Å².